The lowest BCUT2D eigenvalue weighted by molar-refractivity contribution is -0.0847. The Morgan fingerprint density at radius 1 is 1.33 bits per heavy atom. The van der Waals surface area contributed by atoms with Crippen LogP contribution in [0.2, 0.25) is 0 Å². The second-order valence-electron chi connectivity index (χ2n) is 6.78. The molecule has 3 nitrogen and oxygen atoms in total. The lowest BCUT2D eigenvalue weighted by Gasteiger charge is -2.28. The maximum atomic E-state index is 6.37. The highest BCUT2D eigenvalue weighted by molar-refractivity contribution is 9.10. The van der Waals surface area contributed by atoms with Crippen molar-refractivity contribution in [1.82, 2.24) is 5.32 Å². The minimum absolute atomic E-state index is 0.0478. The van der Waals surface area contributed by atoms with Gasteiger partial charge in [-0.3, -0.25) is 0 Å². The molecule has 1 atom stereocenters. The first kappa shape index (κ1) is 16.8. The number of hydrogen-bond donors (Lipinski definition) is 1. The molecule has 1 aliphatic heterocycles. The number of halogens is 1. The first-order chi connectivity index (χ1) is 9.75. The topological polar surface area (TPSA) is 30.5 Å². The minimum Gasteiger partial charge on any atom is -0.486 e. The normalized spacial score (nSPS) is 23.2. The van der Waals surface area contributed by atoms with E-state index in [-0.39, 0.29) is 17.3 Å². The summed E-state index contributed by atoms with van der Waals surface area (Å²) in [4.78, 5) is 0. The van der Waals surface area contributed by atoms with Gasteiger partial charge in [-0.25, -0.2) is 0 Å². The first-order valence-electron chi connectivity index (χ1n) is 7.60. The summed E-state index contributed by atoms with van der Waals surface area (Å²) in [5.74, 6) is 0.929. The number of hydrogen-bond acceptors (Lipinski definition) is 3. The molecule has 1 aromatic rings. The Labute approximate surface area is 136 Å². The van der Waals surface area contributed by atoms with Crippen LogP contribution < -0.4 is 10.1 Å². The largest absolute Gasteiger partial charge is 0.486 e. The monoisotopic (exact) mass is 355 g/mol. The smallest absolute Gasteiger partial charge is 0.138 e. The molecule has 2 rings (SSSR count). The minimum atomic E-state index is -0.283. The molecule has 1 fully saturated rings. The van der Waals surface area contributed by atoms with Crippen LogP contribution in [0.5, 0.6) is 5.75 Å². The van der Waals surface area contributed by atoms with Gasteiger partial charge in [0.25, 0.3) is 0 Å². The van der Waals surface area contributed by atoms with Crippen LogP contribution in [-0.4, -0.2) is 23.9 Å². The second kappa shape index (κ2) is 6.27. The van der Waals surface area contributed by atoms with E-state index in [4.69, 9.17) is 9.47 Å². The molecule has 0 spiro atoms. The Morgan fingerprint density at radius 3 is 2.62 bits per heavy atom. The van der Waals surface area contributed by atoms with Crippen molar-refractivity contribution in [3.63, 3.8) is 0 Å². The van der Waals surface area contributed by atoms with Crippen molar-refractivity contribution in [1.29, 1.82) is 0 Å². The molecule has 118 valence electrons. The van der Waals surface area contributed by atoms with Crippen LogP contribution in [0, 0.1) is 0 Å². The lowest BCUT2D eigenvalue weighted by atomic mass is 9.97. The van der Waals surface area contributed by atoms with Crippen molar-refractivity contribution >= 4 is 15.9 Å². The van der Waals surface area contributed by atoms with Gasteiger partial charge in [-0.1, -0.05) is 19.1 Å². The van der Waals surface area contributed by atoms with Gasteiger partial charge in [0.2, 0.25) is 0 Å². The van der Waals surface area contributed by atoms with Gasteiger partial charge in [0, 0.05) is 18.5 Å². The van der Waals surface area contributed by atoms with Crippen molar-refractivity contribution in [2.75, 3.05) is 6.54 Å². The zero-order valence-corrected chi connectivity index (χ0v) is 15.2. The third kappa shape index (κ3) is 3.99. The molecule has 0 amide bonds. The summed E-state index contributed by atoms with van der Waals surface area (Å²) in [6.07, 6.45) is 0.939. The van der Waals surface area contributed by atoms with E-state index in [0.717, 1.165) is 29.7 Å². The molecule has 0 aromatic heterocycles. The summed E-state index contributed by atoms with van der Waals surface area (Å²) in [5, 5.41) is 3.36. The standard InChI is InChI=1S/C17H26BrNO2/c1-6-19-11-12-8-7-9-13(18)15(12)20-14-10-16(2,3)21-17(14,4)5/h7-9,14,19H,6,10-11H2,1-5H3. The predicted molar refractivity (Wildman–Crippen MR) is 89.8 cm³/mol. The van der Waals surface area contributed by atoms with E-state index < -0.39 is 0 Å². The van der Waals surface area contributed by atoms with Gasteiger partial charge in [0.15, 0.2) is 0 Å². The van der Waals surface area contributed by atoms with Gasteiger partial charge in [0.1, 0.15) is 17.5 Å². The van der Waals surface area contributed by atoms with Gasteiger partial charge in [0.05, 0.1) is 10.1 Å². The molecular weight excluding hydrogens is 330 g/mol. The second-order valence-corrected chi connectivity index (χ2v) is 7.64. The molecule has 0 bridgehead atoms. The van der Waals surface area contributed by atoms with Crippen LogP contribution in [0.15, 0.2) is 22.7 Å². The first-order valence-corrected chi connectivity index (χ1v) is 8.39. The summed E-state index contributed by atoms with van der Waals surface area (Å²) >= 11 is 3.62. The van der Waals surface area contributed by atoms with Crippen molar-refractivity contribution in [3.8, 4) is 5.75 Å². The number of ether oxygens (including phenoxy) is 2. The maximum absolute atomic E-state index is 6.37. The third-order valence-electron chi connectivity index (χ3n) is 3.87. The highest BCUT2D eigenvalue weighted by Gasteiger charge is 2.47. The Bertz CT molecular complexity index is 500. The fourth-order valence-electron chi connectivity index (χ4n) is 2.92. The van der Waals surface area contributed by atoms with Crippen LogP contribution in [0.3, 0.4) is 0 Å². The fraction of sp³-hybridized carbons (Fsp3) is 0.647. The lowest BCUT2D eigenvalue weighted by Crippen LogP contribution is -2.37. The SMILES string of the molecule is CCNCc1cccc(Br)c1OC1CC(C)(C)OC1(C)C. The molecule has 1 aliphatic rings. The van der Waals surface area contributed by atoms with E-state index >= 15 is 0 Å². The molecule has 0 aliphatic carbocycles. The predicted octanol–water partition coefficient (Wildman–Crippen LogP) is 4.28. The molecule has 1 N–H and O–H groups in total. The van der Waals surface area contributed by atoms with Crippen LogP contribution in [0.25, 0.3) is 0 Å². The van der Waals surface area contributed by atoms with E-state index in [1.165, 1.54) is 5.56 Å². The molecule has 1 heterocycles. The van der Waals surface area contributed by atoms with Crippen LogP contribution in [0.4, 0.5) is 0 Å². The molecule has 4 heteroatoms. The maximum Gasteiger partial charge on any atom is 0.138 e. The Morgan fingerprint density at radius 2 is 2.05 bits per heavy atom. The highest BCUT2D eigenvalue weighted by Crippen LogP contribution is 2.41. The van der Waals surface area contributed by atoms with E-state index in [9.17, 15) is 0 Å². The molecule has 21 heavy (non-hydrogen) atoms. The zero-order valence-electron chi connectivity index (χ0n) is 13.6. The number of rotatable bonds is 5. The van der Waals surface area contributed by atoms with Crippen molar-refractivity contribution < 1.29 is 9.47 Å². The highest BCUT2D eigenvalue weighted by atomic mass is 79.9. The zero-order chi connectivity index (χ0) is 15.7. The Hall–Kier alpha value is -0.580. The molecule has 1 saturated heterocycles. The van der Waals surface area contributed by atoms with Crippen molar-refractivity contribution in [2.24, 2.45) is 0 Å². The molecule has 0 radical (unpaired) electrons. The molecular formula is C17H26BrNO2. The van der Waals surface area contributed by atoms with Gasteiger partial charge in [-0.15, -0.1) is 0 Å². The summed E-state index contributed by atoms with van der Waals surface area (Å²) in [6.45, 7) is 12.3. The fourth-order valence-corrected chi connectivity index (χ4v) is 3.42. The van der Waals surface area contributed by atoms with Crippen molar-refractivity contribution in [2.45, 2.75) is 64.9 Å². The van der Waals surface area contributed by atoms with Crippen LogP contribution >= 0.6 is 15.9 Å². The summed E-state index contributed by atoms with van der Waals surface area (Å²) in [7, 11) is 0. The van der Waals surface area contributed by atoms with Gasteiger partial charge in [-0.2, -0.15) is 0 Å². The number of nitrogens with one attached hydrogen (secondary N) is 1. The number of para-hydroxylation sites is 1. The van der Waals surface area contributed by atoms with E-state index in [0.29, 0.717) is 0 Å². The molecule has 1 aromatic carbocycles. The number of benzene rings is 1. The average molecular weight is 356 g/mol. The average Bonchev–Trinajstić information content (AvgIpc) is 2.57. The van der Waals surface area contributed by atoms with Crippen LogP contribution in [-0.2, 0) is 11.3 Å². The van der Waals surface area contributed by atoms with E-state index in [1.807, 2.05) is 12.1 Å². The van der Waals surface area contributed by atoms with Crippen LogP contribution in [0.1, 0.15) is 46.6 Å². The Balaban J connectivity index is 2.23. The Kier molecular flexibility index (Phi) is 5.01. The molecule has 1 unspecified atom stereocenters. The van der Waals surface area contributed by atoms with Gasteiger partial charge < -0.3 is 14.8 Å². The third-order valence-corrected chi connectivity index (χ3v) is 4.49. The summed E-state index contributed by atoms with van der Waals surface area (Å²) in [6, 6.07) is 6.18. The van der Waals surface area contributed by atoms with E-state index in [1.54, 1.807) is 0 Å². The van der Waals surface area contributed by atoms with Gasteiger partial charge >= 0.3 is 0 Å². The molecule has 0 saturated carbocycles. The summed E-state index contributed by atoms with van der Waals surface area (Å²) in [5.41, 5.74) is 0.748. The quantitative estimate of drug-likeness (QED) is 0.854. The van der Waals surface area contributed by atoms with Gasteiger partial charge in [-0.05, 0) is 56.2 Å². The van der Waals surface area contributed by atoms with Crippen molar-refractivity contribution in [3.05, 3.63) is 28.2 Å². The van der Waals surface area contributed by atoms with E-state index in [2.05, 4.69) is 61.9 Å². The summed E-state index contributed by atoms with van der Waals surface area (Å²) < 4.78 is 13.5.